The van der Waals surface area contributed by atoms with Crippen LogP contribution in [0.1, 0.15) is 55.8 Å². The third-order valence-electron chi connectivity index (χ3n) is 3.50. The van der Waals surface area contributed by atoms with E-state index in [1.54, 1.807) is 14.2 Å². The predicted molar refractivity (Wildman–Crippen MR) is 98.0 cm³/mol. The van der Waals surface area contributed by atoms with Crippen molar-refractivity contribution in [2.24, 2.45) is 0 Å². The molecule has 0 unspecified atom stereocenters. The number of unbranched alkanes of at least 4 members (excludes halogenated alkanes) is 5. The van der Waals surface area contributed by atoms with Gasteiger partial charge in [-0.3, -0.25) is 4.79 Å². The van der Waals surface area contributed by atoms with Crippen molar-refractivity contribution in [3.63, 3.8) is 0 Å². The monoisotopic (exact) mass is 419 g/mol. The second kappa shape index (κ2) is 10.7. The number of ether oxygens (including phenoxy) is 2. The van der Waals surface area contributed by atoms with Gasteiger partial charge < -0.3 is 14.8 Å². The summed E-state index contributed by atoms with van der Waals surface area (Å²) in [6.07, 6.45) is 7.25. The van der Waals surface area contributed by atoms with Gasteiger partial charge in [0.25, 0.3) is 5.91 Å². The molecule has 0 aliphatic carbocycles. The zero-order valence-electron chi connectivity index (χ0n) is 13.7. The first-order chi connectivity index (χ1) is 10.6. The maximum Gasteiger partial charge on any atom is 0.255 e. The number of rotatable bonds is 10. The van der Waals surface area contributed by atoms with Gasteiger partial charge in [0.1, 0.15) is 0 Å². The first-order valence-corrected chi connectivity index (χ1v) is 8.91. The number of carbonyl (C=O) groups is 1. The number of nitrogens with one attached hydrogen (secondary N) is 1. The third-order valence-corrected chi connectivity index (χ3v) is 4.13. The van der Waals surface area contributed by atoms with Gasteiger partial charge in [0.15, 0.2) is 11.5 Å². The van der Waals surface area contributed by atoms with E-state index >= 15 is 0 Å². The smallest absolute Gasteiger partial charge is 0.255 e. The summed E-state index contributed by atoms with van der Waals surface area (Å²) in [4.78, 5) is 12.3. The maximum absolute atomic E-state index is 12.3. The van der Waals surface area contributed by atoms with Crippen LogP contribution in [0.3, 0.4) is 0 Å². The predicted octanol–water partition coefficient (Wildman–Crippen LogP) is 4.40. The van der Waals surface area contributed by atoms with E-state index in [1.807, 2.05) is 12.1 Å². The molecule has 0 spiro atoms. The molecule has 0 heterocycles. The van der Waals surface area contributed by atoms with Crippen LogP contribution in [0.5, 0.6) is 11.5 Å². The number of amides is 1. The number of hydrogen-bond donors (Lipinski definition) is 1. The molecule has 124 valence electrons. The fourth-order valence-electron chi connectivity index (χ4n) is 2.30. The highest BCUT2D eigenvalue weighted by Crippen LogP contribution is 2.33. The number of halogens is 1. The van der Waals surface area contributed by atoms with Gasteiger partial charge in [-0.2, -0.15) is 0 Å². The summed E-state index contributed by atoms with van der Waals surface area (Å²) in [7, 11) is 3.13. The molecule has 1 amide bonds. The van der Waals surface area contributed by atoms with Gasteiger partial charge in [-0.15, -0.1) is 0 Å². The normalized spacial score (nSPS) is 10.4. The Morgan fingerprint density at radius 1 is 1.09 bits per heavy atom. The summed E-state index contributed by atoms with van der Waals surface area (Å²) in [6, 6.07) is 3.67. The van der Waals surface area contributed by atoms with Gasteiger partial charge in [-0.05, 0) is 41.1 Å². The highest BCUT2D eigenvalue weighted by Gasteiger charge is 2.17. The molecule has 1 rings (SSSR count). The number of hydrogen-bond acceptors (Lipinski definition) is 3. The van der Waals surface area contributed by atoms with Gasteiger partial charge in [0.2, 0.25) is 0 Å². The van der Waals surface area contributed by atoms with Crippen molar-refractivity contribution in [3.05, 3.63) is 21.3 Å². The Labute approximate surface area is 147 Å². The topological polar surface area (TPSA) is 47.6 Å². The first-order valence-electron chi connectivity index (χ1n) is 7.83. The molecular formula is C17H26INO3. The summed E-state index contributed by atoms with van der Waals surface area (Å²) in [6.45, 7) is 2.91. The Balaban J connectivity index is 2.53. The molecule has 0 aliphatic rings. The average molecular weight is 419 g/mol. The fraction of sp³-hybridized carbons (Fsp3) is 0.588. The van der Waals surface area contributed by atoms with E-state index in [0.29, 0.717) is 23.6 Å². The zero-order chi connectivity index (χ0) is 16.4. The summed E-state index contributed by atoms with van der Waals surface area (Å²) < 4.78 is 11.5. The van der Waals surface area contributed by atoms with Crippen LogP contribution in [0.25, 0.3) is 0 Å². The van der Waals surface area contributed by atoms with Crippen LogP contribution >= 0.6 is 22.6 Å². The minimum atomic E-state index is -0.109. The van der Waals surface area contributed by atoms with Crippen LogP contribution in [0.4, 0.5) is 0 Å². The molecule has 0 fully saturated rings. The zero-order valence-corrected chi connectivity index (χ0v) is 15.9. The minimum Gasteiger partial charge on any atom is -0.493 e. The van der Waals surface area contributed by atoms with Crippen LogP contribution in [-0.4, -0.2) is 26.7 Å². The van der Waals surface area contributed by atoms with E-state index in [-0.39, 0.29) is 5.91 Å². The molecule has 22 heavy (non-hydrogen) atoms. The quantitative estimate of drug-likeness (QED) is 0.452. The van der Waals surface area contributed by atoms with Crippen molar-refractivity contribution in [1.29, 1.82) is 0 Å². The van der Waals surface area contributed by atoms with Gasteiger partial charge in [0.05, 0.1) is 19.8 Å². The molecule has 0 aromatic heterocycles. The van der Waals surface area contributed by atoms with Crippen molar-refractivity contribution in [1.82, 2.24) is 5.32 Å². The SMILES string of the molecule is CCCCCCCCNC(=O)c1cc(I)cc(OC)c1OC. The van der Waals surface area contributed by atoms with E-state index in [0.717, 1.165) is 16.4 Å². The van der Waals surface area contributed by atoms with E-state index < -0.39 is 0 Å². The van der Waals surface area contributed by atoms with Crippen LogP contribution in [-0.2, 0) is 0 Å². The Hall–Kier alpha value is -0.980. The highest BCUT2D eigenvalue weighted by molar-refractivity contribution is 14.1. The summed E-state index contributed by atoms with van der Waals surface area (Å²) >= 11 is 2.17. The lowest BCUT2D eigenvalue weighted by Crippen LogP contribution is -2.25. The molecule has 1 aromatic carbocycles. The largest absolute Gasteiger partial charge is 0.493 e. The molecule has 0 atom stereocenters. The second-order valence-electron chi connectivity index (χ2n) is 5.21. The number of carbonyl (C=O) groups excluding carboxylic acids is 1. The average Bonchev–Trinajstić information content (AvgIpc) is 2.52. The Morgan fingerprint density at radius 3 is 2.41 bits per heavy atom. The second-order valence-corrected chi connectivity index (χ2v) is 6.46. The Bertz CT molecular complexity index is 477. The van der Waals surface area contributed by atoms with Gasteiger partial charge in [-0.25, -0.2) is 0 Å². The van der Waals surface area contributed by atoms with Crippen LogP contribution in [0.2, 0.25) is 0 Å². The molecule has 0 aliphatic heterocycles. The van der Waals surface area contributed by atoms with E-state index in [1.165, 1.54) is 25.7 Å². The van der Waals surface area contributed by atoms with Crippen LogP contribution < -0.4 is 14.8 Å². The van der Waals surface area contributed by atoms with Crippen LogP contribution in [0.15, 0.2) is 12.1 Å². The number of methoxy groups -OCH3 is 2. The molecule has 4 nitrogen and oxygen atoms in total. The lowest BCUT2D eigenvalue weighted by atomic mass is 10.1. The molecule has 0 bridgehead atoms. The van der Waals surface area contributed by atoms with E-state index in [4.69, 9.17) is 9.47 Å². The fourth-order valence-corrected chi connectivity index (χ4v) is 2.90. The molecule has 0 saturated heterocycles. The Kier molecular flexibility index (Phi) is 9.27. The standard InChI is InChI=1S/C17H26INO3/c1-4-5-6-7-8-9-10-19-17(20)14-11-13(18)12-15(21-2)16(14)22-3/h11-12H,4-10H2,1-3H3,(H,19,20). The van der Waals surface area contributed by atoms with Crippen molar-refractivity contribution in [2.75, 3.05) is 20.8 Å². The molecule has 0 radical (unpaired) electrons. The van der Waals surface area contributed by atoms with E-state index in [2.05, 4.69) is 34.8 Å². The van der Waals surface area contributed by atoms with Crippen molar-refractivity contribution >= 4 is 28.5 Å². The first kappa shape index (κ1) is 19.1. The third kappa shape index (κ3) is 6.02. The molecule has 5 heteroatoms. The molecule has 1 N–H and O–H groups in total. The molecule has 0 saturated carbocycles. The molecular weight excluding hydrogens is 393 g/mol. The number of benzene rings is 1. The minimum absolute atomic E-state index is 0.109. The Morgan fingerprint density at radius 2 is 1.77 bits per heavy atom. The maximum atomic E-state index is 12.3. The highest BCUT2D eigenvalue weighted by atomic mass is 127. The van der Waals surface area contributed by atoms with Crippen LogP contribution in [0, 0.1) is 3.57 Å². The summed E-state index contributed by atoms with van der Waals surface area (Å²) in [5.74, 6) is 0.963. The van der Waals surface area contributed by atoms with Gasteiger partial charge in [-0.1, -0.05) is 39.0 Å². The van der Waals surface area contributed by atoms with Gasteiger partial charge >= 0.3 is 0 Å². The summed E-state index contributed by atoms with van der Waals surface area (Å²) in [5.41, 5.74) is 0.525. The lowest BCUT2D eigenvalue weighted by molar-refractivity contribution is 0.0949. The lowest BCUT2D eigenvalue weighted by Gasteiger charge is -2.13. The van der Waals surface area contributed by atoms with Crippen molar-refractivity contribution in [3.8, 4) is 11.5 Å². The summed E-state index contributed by atoms with van der Waals surface area (Å²) in [5, 5.41) is 2.97. The van der Waals surface area contributed by atoms with E-state index in [9.17, 15) is 4.79 Å². The van der Waals surface area contributed by atoms with Crippen molar-refractivity contribution < 1.29 is 14.3 Å². The van der Waals surface area contributed by atoms with Crippen molar-refractivity contribution in [2.45, 2.75) is 45.4 Å². The van der Waals surface area contributed by atoms with Gasteiger partial charge in [0, 0.05) is 10.1 Å². The molecule has 1 aromatic rings.